The van der Waals surface area contributed by atoms with E-state index < -0.39 is 28.2 Å². The monoisotopic (exact) mass is 291 g/mol. The third-order valence-corrected chi connectivity index (χ3v) is 5.82. The van der Waals surface area contributed by atoms with E-state index in [4.69, 9.17) is 9.84 Å². The van der Waals surface area contributed by atoms with Crippen LogP contribution in [0.4, 0.5) is 0 Å². The largest absolute Gasteiger partial charge is 0.480 e. The molecule has 0 radical (unpaired) electrons. The third kappa shape index (κ3) is 2.56. The van der Waals surface area contributed by atoms with Crippen LogP contribution in [0.25, 0.3) is 0 Å². The van der Waals surface area contributed by atoms with Gasteiger partial charge in [0.05, 0.1) is 5.60 Å². The van der Waals surface area contributed by atoms with Crippen molar-refractivity contribution in [2.24, 2.45) is 0 Å². The first kappa shape index (κ1) is 13.5. The average molecular weight is 291 g/mol. The Morgan fingerprint density at radius 3 is 2.78 bits per heavy atom. The van der Waals surface area contributed by atoms with Crippen molar-refractivity contribution in [2.75, 3.05) is 19.7 Å². The van der Waals surface area contributed by atoms with Gasteiger partial charge in [0.2, 0.25) is 0 Å². The van der Waals surface area contributed by atoms with Crippen LogP contribution in [0, 0.1) is 0 Å². The molecule has 2 heterocycles. The molecule has 2 rings (SSSR count). The van der Waals surface area contributed by atoms with Crippen LogP contribution >= 0.6 is 11.3 Å². The van der Waals surface area contributed by atoms with Crippen molar-refractivity contribution in [3.63, 3.8) is 0 Å². The molecule has 1 fully saturated rings. The number of thiophene rings is 1. The first-order valence-electron chi connectivity index (χ1n) is 5.23. The number of ether oxygens (including phenoxy) is 1. The van der Waals surface area contributed by atoms with Gasteiger partial charge in [-0.15, -0.1) is 11.3 Å². The quantitative estimate of drug-likeness (QED) is 0.859. The van der Waals surface area contributed by atoms with Gasteiger partial charge in [0.1, 0.15) is 10.8 Å². The molecular weight excluding hydrogens is 278 g/mol. The average Bonchev–Trinajstić information content (AvgIpc) is 2.76. The van der Waals surface area contributed by atoms with Crippen LogP contribution in [0.3, 0.4) is 0 Å². The summed E-state index contributed by atoms with van der Waals surface area (Å²) < 4.78 is 30.9. The predicted molar refractivity (Wildman–Crippen MR) is 65.1 cm³/mol. The zero-order valence-electron chi connectivity index (χ0n) is 9.70. The van der Waals surface area contributed by atoms with Gasteiger partial charge in [-0.05, 0) is 18.4 Å². The third-order valence-electron chi connectivity index (χ3n) is 2.65. The summed E-state index contributed by atoms with van der Waals surface area (Å²) in [5, 5.41) is 10.2. The molecule has 0 atom stereocenters. The fraction of sp³-hybridized carbons (Fsp3) is 0.500. The zero-order chi connectivity index (χ0) is 13.4. The van der Waals surface area contributed by atoms with Crippen molar-refractivity contribution in [2.45, 2.75) is 16.7 Å². The Morgan fingerprint density at radius 2 is 2.28 bits per heavy atom. The first-order valence-corrected chi connectivity index (χ1v) is 7.55. The van der Waals surface area contributed by atoms with E-state index >= 15 is 0 Å². The lowest BCUT2D eigenvalue weighted by atomic mass is 10.0. The van der Waals surface area contributed by atoms with Crippen LogP contribution in [-0.4, -0.2) is 49.1 Å². The van der Waals surface area contributed by atoms with Gasteiger partial charge in [-0.2, -0.15) is 4.31 Å². The molecule has 1 aromatic heterocycles. The number of aliphatic carboxylic acids is 1. The Hall–Kier alpha value is -0.960. The topological polar surface area (TPSA) is 83.9 Å². The van der Waals surface area contributed by atoms with Gasteiger partial charge in [0.25, 0.3) is 10.0 Å². The second kappa shape index (κ2) is 4.61. The van der Waals surface area contributed by atoms with E-state index in [1.165, 1.54) is 4.31 Å². The summed E-state index contributed by atoms with van der Waals surface area (Å²) in [5.74, 6) is -1.06. The molecule has 8 heteroatoms. The Balaban J connectivity index is 1.98. The molecule has 0 aromatic carbocycles. The van der Waals surface area contributed by atoms with Crippen LogP contribution < -0.4 is 0 Å². The zero-order valence-corrected chi connectivity index (χ0v) is 11.3. The maximum absolute atomic E-state index is 12.1. The van der Waals surface area contributed by atoms with Gasteiger partial charge in [-0.3, -0.25) is 0 Å². The molecule has 18 heavy (non-hydrogen) atoms. The number of rotatable bonds is 5. The molecule has 0 bridgehead atoms. The van der Waals surface area contributed by atoms with E-state index in [-0.39, 0.29) is 13.1 Å². The highest BCUT2D eigenvalue weighted by molar-refractivity contribution is 7.91. The van der Waals surface area contributed by atoms with Gasteiger partial charge in [0, 0.05) is 13.1 Å². The molecule has 1 N–H and O–H groups in total. The van der Waals surface area contributed by atoms with Gasteiger partial charge in [-0.25, -0.2) is 13.2 Å². The van der Waals surface area contributed by atoms with E-state index in [0.29, 0.717) is 4.21 Å². The minimum atomic E-state index is -3.44. The number of carboxylic acid groups (broad SMARTS) is 1. The molecule has 1 aliphatic heterocycles. The van der Waals surface area contributed by atoms with Gasteiger partial charge in [-0.1, -0.05) is 6.07 Å². The predicted octanol–water partition coefficient (Wildman–Crippen LogP) is 0.612. The highest BCUT2D eigenvalue weighted by Gasteiger charge is 2.46. The molecule has 0 aliphatic carbocycles. The van der Waals surface area contributed by atoms with Crippen molar-refractivity contribution < 1.29 is 23.1 Å². The highest BCUT2D eigenvalue weighted by atomic mass is 32.2. The molecule has 1 saturated heterocycles. The van der Waals surface area contributed by atoms with Crippen LogP contribution in [0.2, 0.25) is 0 Å². The Labute approximate surface area is 109 Å². The fourth-order valence-electron chi connectivity index (χ4n) is 1.73. The summed E-state index contributed by atoms with van der Waals surface area (Å²) in [7, 11) is -3.44. The SMILES string of the molecule is CC1(OCC(=O)O)CN(S(=O)(=O)c2cccs2)C1. The van der Waals surface area contributed by atoms with Crippen LogP contribution in [0.15, 0.2) is 21.7 Å². The number of nitrogens with zero attached hydrogens (tertiary/aromatic N) is 1. The molecule has 100 valence electrons. The number of hydrogen-bond donors (Lipinski definition) is 1. The Bertz CT molecular complexity index is 531. The minimum Gasteiger partial charge on any atom is -0.480 e. The molecule has 6 nitrogen and oxygen atoms in total. The molecule has 1 aliphatic rings. The van der Waals surface area contributed by atoms with E-state index in [0.717, 1.165) is 11.3 Å². The smallest absolute Gasteiger partial charge is 0.329 e. The number of carbonyl (C=O) groups is 1. The molecular formula is C10H13NO5S2. The second-order valence-corrected chi connectivity index (χ2v) is 7.45. The lowest BCUT2D eigenvalue weighted by Crippen LogP contribution is -2.63. The summed E-state index contributed by atoms with van der Waals surface area (Å²) >= 11 is 1.16. The van der Waals surface area contributed by atoms with Crippen molar-refractivity contribution in [1.29, 1.82) is 0 Å². The standard InChI is InChI=1S/C10H13NO5S2/c1-10(16-5-8(12)13)6-11(7-10)18(14,15)9-3-2-4-17-9/h2-4H,5-7H2,1H3,(H,12,13). The van der Waals surface area contributed by atoms with Crippen molar-refractivity contribution in [1.82, 2.24) is 4.31 Å². The van der Waals surface area contributed by atoms with Crippen LogP contribution in [0.5, 0.6) is 0 Å². The number of hydrogen-bond acceptors (Lipinski definition) is 5. The molecule has 0 spiro atoms. The summed E-state index contributed by atoms with van der Waals surface area (Å²) in [4.78, 5) is 10.4. The van der Waals surface area contributed by atoms with Crippen molar-refractivity contribution >= 4 is 27.3 Å². The minimum absolute atomic E-state index is 0.181. The summed E-state index contributed by atoms with van der Waals surface area (Å²) in [6.07, 6.45) is 0. The Kier molecular flexibility index (Phi) is 3.45. The maximum Gasteiger partial charge on any atom is 0.329 e. The summed E-state index contributed by atoms with van der Waals surface area (Å²) in [5.41, 5.74) is -0.706. The fourth-order valence-corrected chi connectivity index (χ4v) is 4.54. The van der Waals surface area contributed by atoms with Gasteiger partial charge >= 0.3 is 5.97 Å². The molecule has 1 aromatic rings. The molecule has 0 amide bonds. The van der Waals surface area contributed by atoms with E-state index in [1.807, 2.05) is 0 Å². The normalized spacial score (nSPS) is 19.4. The molecule has 0 unspecified atom stereocenters. The molecule has 0 saturated carbocycles. The van der Waals surface area contributed by atoms with E-state index in [2.05, 4.69) is 0 Å². The van der Waals surface area contributed by atoms with Crippen LogP contribution in [0.1, 0.15) is 6.92 Å². The van der Waals surface area contributed by atoms with Crippen LogP contribution in [-0.2, 0) is 19.6 Å². The lowest BCUT2D eigenvalue weighted by Gasteiger charge is -2.45. The van der Waals surface area contributed by atoms with Gasteiger partial charge < -0.3 is 9.84 Å². The first-order chi connectivity index (χ1) is 8.33. The van der Waals surface area contributed by atoms with E-state index in [1.54, 1.807) is 24.4 Å². The highest BCUT2D eigenvalue weighted by Crippen LogP contribution is 2.32. The van der Waals surface area contributed by atoms with Crippen molar-refractivity contribution in [3.05, 3.63) is 17.5 Å². The van der Waals surface area contributed by atoms with E-state index in [9.17, 15) is 13.2 Å². The summed E-state index contributed by atoms with van der Waals surface area (Å²) in [6.45, 7) is 1.65. The Morgan fingerprint density at radius 1 is 1.61 bits per heavy atom. The second-order valence-electron chi connectivity index (χ2n) is 4.34. The lowest BCUT2D eigenvalue weighted by molar-refractivity contribution is -0.157. The number of sulfonamides is 1. The van der Waals surface area contributed by atoms with Crippen molar-refractivity contribution in [3.8, 4) is 0 Å². The summed E-state index contributed by atoms with van der Waals surface area (Å²) in [6, 6.07) is 3.23. The number of carboxylic acids is 1. The maximum atomic E-state index is 12.1. The van der Waals surface area contributed by atoms with Gasteiger partial charge in [0.15, 0.2) is 0 Å².